The van der Waals surface area contributed by atoms with Gasteiger partial charge in [0.05, 0.1) is 29.2 Å². The molecule has 2 N–H and O–H groups in total. The Balaban J connectivity index is 1.33. The van der Waals surface area contributed by atoms with Crippen molar-refractivity contribution in [2.45, 2.75) is 45.4 Å². The number of nitrogens with one attached hydrogen (secondary N) is 2. The van der Waals surface area contributed by atoms with Crippen LogP contribution in [0.3, 0.4) is 0 Å². The fraction of sp³-hybridized carbons (Fsp3) is 0.348. The largest absolute Gasteiger partial charge is 0.493 e. The highest BCUT2D eigenvalue weighted by atomic mass is 32.1. The lowest BCUT2D eigenvalue weighted by molar-refractivity contribution is -0.121. The second kappa shape index (κ2) is 10.1. The summed E-state index contributed by atoms with van der Waals surface area (Å²) in [6, 6.07) is 9.69. The fourth-order valence-electron chi connectivity index (χ4n) is 3.61. The summed E-state index contributed by atoms with van der Waals surface area (Å²) in [5.74, 6) is 0.203. The van der Waals surface area contributed by atoms with Crippen LogP contribution in [0.4, 0.5) is 0 Å². The van der Waals surface area contributed by atoms with E-state index in [0.717, 1.165) is 29.2 Å². The summed E-state index contributed by atoms with van der Waals surface area (Å²) in [7, 11) is 0. The zero-order chi connectivity index (χ0) is 21.6. The number of hydrogen-bond donors (Lipinski definition) is 2. The molecular formula is C23H25N3O3S2. The second-order valence-corrected chi connectivity index (χ2v) is 9.37. The SMILES string of the molecule is CCOc1ccccc1-c1nc(CC(=O)NNC(=O)c2cc3c(s2)CCCCC3)cs1. The summed E-state index contributed by atoms with van der Waals surface area (Å²) < 4.78 is 5.67. The van der Waals surface area contributed by atoms with Crippen LogP contribution in [0.25, 0.3) is 10.6 Å². The van der Waals surface area contributed by atoms with Crippen LogP contribution in [-0.2, 0) is 24.1 Å². The van der Waals surface area contributed by atoms with Gasteiger partial charge in [-0.25, -0.2) is 4.98 Å². The van der Waals surface area contributed by atoms with Crippen molar-refractivity contribution in [3.05, 3.63) is 56.7 Å². The Bertz CT molecular complexity index is 1050. The van der Waals surface area contributed by atoms with E-state index in [0.29, 0.717) is 17.2 Å². The number of carbonyl (C=O) groups excluding carboxylic acids is 2. The Kier molecular flexibility index (Phi) is 6.99. The molecule has 0 aliphatic heterocycles. The molecule has 2 heterocycles. The minimum Gasteiger partial charge on any atom is -0.493 e. The number of para-hydroxylation sites is 1. The lowest BCUT2D eigenvalue weighted by Gasteiger charge is -2.07. The van der Waals surface area contributed by atoms with E-state index < -0.39 is 0 Å². The Morgan fingerprint density at radius 2 is 1.97 bits per heavy atom. The van der Waals surface area contributed by atoms with Gasteiger partial charge in [-0.2, -0.15) is 0 Å². The van der Waals surface area contributed by atoms with Crippen molar-refractivity contribution < 1.29 is 14.3 Å². The summed E-state index contributed by atoms with van der Waals surface area (Å²) in [4.78, 5) is 31.3. The molecule has 4 rings (SSSR count). The van der Waals surface area contributed by atoms with Crippen molar-refractivity contribution in [2.24, 2.45) is 0 Å². The third-order valence-corrected chi connectivity index (χ3v) is 7.26. The van der Waals surface area contributed by atoms with E-state index in [-0.39, 0.29) is 18.2 Å². The van der Waals surface area contributed by atoms with E-state index in [9.17, 15) is 9.59 Å². The maximum absolute atomic E-state index is 12.5. The van der Waals surface area contributed by atoms with Gasteiger partial charge in [0.15, 0.2) is 0 Å². The second-order valence-electron chi connectivity index (χ2n) is 7.37. The Labute approximate surface area is 189 Å². The highest BCUT2D eigenvalue weighted by Gasteiger charge is 2.17. The number of fused-ring (bicyclic) bond motifs is 1. The van der Waals surface area contributed by atoms with Gasteiger partial charge in [0.1, 0.15) is 10.8 Å². The van der Waals surface area contributed by atoms with Crippen LogP contribution in [0.15, 0.2) is 35.7 Å². The van der Waals surface area contributed by atoms with Crippen LogP contribution in [0.5, 0.6) is 5.75 Å². The molecule has 2 amide bonds. The number of ether oxygens (including phenoxy) is 1. The first-order valence-corrected chi connectivity index (χ1v) is 12.2. The van der Waals surface area contributed by atoms with Crippen molar-refractivity contribution in [1.29, 1.82) is 0 Å². The number of hydrogen-bond acceptors (Lipinski definition) is 6. The number of carbonyl (C=O) groups is 2. The molecule has 31 heavy (non-hydrogen) atoms. The first-order valence-electron chi connectivity index (χ1n) is 10.5. The fourth-order valence-corrected chi connectivity index (χ4v) is 5.61. The maximum atomic E-state index is 12.5. The molecule has 1 aliphatic carbocycles. The number of thiophene rings is 1. The Hall–Kier alpha value is -2.71. The van der Waals surface area contributed by atoms with Gasteiger partial charge in [0.2, 0.25) is 5.91 Å². The summed E-state index contributed by atoms with van der Waals surface area (Å²) in [6.45, 7) is 2.51. The molecular weight excluding hydrogens is 430 g/mol. The molecule has 0 unspecified atom stereocenters. The molecule has 0 radical (unpaired) electrons. The third kappa shape index (κ3) is 5.32. The number of hydrazine groups is 1. The molecule has 3 aromatic rings. The van der Waals surface area contributed by atoms with Gasteiger partial charge in [-0.1, -0.05) is 18.6 Å². The first kappa shape index (κ1) is 21.5. The molecule has 0 bridgehead atoms. The zero-order valence-electron chi connectivity index (χ0n) is 17.4. The van der Waals surface area contributed by atoms with Gasteiger partial charge in [-0.05, 0) is 56.4 Å². The van der Waals surface area contributed by atoms with Crippen LogP contribution in [0, 0.1) is 0 Å². The number of nitrogens with zero attached hydrogens (tertiary/aromatic N) is 1. The Morgan fingerprint density at radius 3 is 2.84 bits per heavy atom. The highest BCUT2D eigenvalue weighted by Crippen LogP contribution is 2.32. The average molecular weight is 456 g/mol. The summed E-state index contributed by atoms with van der Waals surface area (Å²) in [6.07, 6.45) is 5.76. The first-order chi connectivity index (χ1) is 15.1. The van der Waals surface area contributed by atoms with E-state index in [2.05, 4.69) is 15.8 Å². The van der Waals surface area contributed by atoms with Crippen molar-refractivity contribution in [1.82, 2.24) is 15.8 Å². The van der Waals surface area contributed by atoms with Gasteiger partial charge in [-0.3, -0.25) is 20.4 Å². The number of amides is 2. The minimum absolute atomic E-state index is 0.0918. The summed E-state index contributed by atoms with van der Waals surface area (Å²) >= 11 is 3.00. The van der Waals surface area contributed by atoms with E-state index in [1.54, 1.807) is 0 Å². The molecule has 0 fully saturated rings. The third-order valence-electron chi connectivity index (χ3n) is 5.10. The molecule has 8 heteroatoms. The molecule has 0 atom stereocenters. The number of benzene rings is 1. The number of aryl methyl sites for hydroxylation is 2. The molecule has 0 saturated carbocycles. The highest BCUT2D eigenvalue weighted by molar-refractivity contribution is 7.14. The zero-order valence-corrected chi connectivity index (χ0v) is 19.0. The van der Waals surface area contributed by atoms with Crippen LogP contribution in [0.1, 0.15) is 52.0 Å². The van der Waals surface area contributed by atoms with Crippen LogP contribution in [-0.4, -0.2) is 23.4 Å². The predicted octanol–water partition coefficient (Wildman–Crippen LogP) is 4.54. The summed E-state index contributed by atoms with van der Waals surface area (Å²) in [5, 5.41) is 2.66. The Morgan fingerprint density at radius 1 is 1.13 bits per heavy atom. The van der Waals surface area contributed by atoms with Gasteiger partial charge in [0, 0.05) is 10.3 Å². The van der Waals surface area contributed by atoms with Crippen LogP contribution < -0.4 is 15.6 Å². The van der Waals surface area contributed by atoms with Gasteiger partial charge in [0.25, 0.3) is 5.91 Å². The smallest absolute Gasteiger partial charge is 0.279 e. The number of aromatic nitrogens is 1. The molecule has 0 spiro atoms. The molecule has 1 aromatic carbocycles. The van der Waals surface area contributed by atoms with Crippen molar-refractivity contribution in [2.75, 3.05) is 6.61 Å². The molecule has 0 saturated heterocycles. The van der Waals surface area contributed by atoms with Crippen molar-refractivity contribution in [3.63, 3.8) is 0 Å². The standard InChI is InChI=1S/C23H25N3O3S2/c1-2-29-18-10-7-6-9-17(18)23-24-16(14-30-23)13-21(27)25-26-22(28)20-12-15-8-4-3-5-11-19(15)31-20/h6-7,9-10,12,14H,2-5,8,11,13H2,1H3,(H,25,27)(H,26,28). The topological polar surface area (TPSA) is 80.3 Å². The van der Waals surface area contributed by atoms with E-state index in [1.807, 2.05) is 42.6 Å². The number of rotatable bonds is 6. The number of thiazole rings is 1. The predicted molar refractivity (Wildman–Crippen MR) is 124 cm³/mol. The normalized spacial score (nSPS) is 13.2. The van der Waals surface area contributed by atoms with E-state index in [1.165, 1.54) is 52.4 Å². The molecule has 1 aliphatic rings. The lowest BCUT2D eigenvalue weighted by atomic mass is 10.1. The van der Waals surface area contributed by atoms with Gasteiger partial charge in [-0.15, -0.1) is 22.7 Å². The summed E-state index contributed by atoms with van der Waals surface area (Å²) in [5.41, 5.74) is 7.89. The van der Waals surface area contributed by atoms with Crippen LogP contribution >= 0.6 is 22.7 Å². The van der Waals surface area contributed by atoms with Crippen molar-refractivity contribution >= 4 is 34.5 Å². The van der Waals surface area contributed by atoms with Crippen molar-refractivity contribution in [3.8, 4) is 16.3 Å². The quantitative estimate of drug-likeness (QED) is 0.422. The van der Waals surface area contributed by atoms with E-state index in [4.69, 9.17) is 4.74 Å². The minimum atomic E-state index is -0.304. The van der Waals surface area contributed by atoms with Gasteiger partial charge < -0.3 is 4.74 Å². The van der Waals surface area contributed by atoms with E-state index >= 15 is 0 Å². The van der Waals surface area contributed by atoms with Gasteiger partial charge >= 0.3 is 0 Å². The molecule has 162 valence electrons. The van der Waals surface area contributed by atoms with Crippen LogP contribution in [0.2, 0.25) is 0 Å². The average Bonchev–Trinajstić information content (AvgIpc) is 3.34. The molecule has 2 aromatic heterocycles. The molecule has 6 nitrogen and oxygen atoms in total. The maximum Gasteiger partial charge on any atom is 0.279 e. The monoisotopic (exact) mass is 455 g/mol. The lowest BCUT2D eigenvalue weighted by Crippen LogP contribution is -2.42.